The highest BCUT2D eigenvalue weighted by Gasteiger charge is 2.36. The Morgan fingerprint density at radius 1 is 1.22 bits per heavy atom. The minimum Gasteiger partial charge on any atom is -0.354 e. The van der Waals surface area contributed by atoms with E-state index >= 15 is 0 Å². The average molecular weight is 254 g/mol. The first-order chi connectivity index (χ1) is 8.62. The topological polar surface area (TPSA) is 55.1 Å². The number of rotatable bonds is 8. The third-order valence-corrected chi connectivity index (χ3v) is 4.16. The summed E-state index contributed by atoms with van der Waals surface area (Å²) in [6.07, 6.45) is 10.0. The molecule has 1 atom stereocenters. The minimum atomic E-state index is -0.568. The first-order valence-electron chi connectivity index (χ1n) is 7.69. The maximum Gasteiger partial charge on any atom is 0.240 e. The molecule has 1 fully saturated rings. The van der Waals surface area contributed by atoms with Gasteiger partial charge in [0.2, 0.25) is 5.91 Å². The Bertz CT molecular complexity index is 247. The van der Waals surface area contributed by atoms with Gasteiger partial charge in [0.15, 0.2) is 0 Å². The van der Waals surface area contributed by atoms with Crippen LogP contribution in [0.3, 0.4) is 0 Å². The van der Waals surface area contributed by atoms with Crippen LogP contribution >= 0.6 is 0 Å². The molecule has 0 heterocycles. The van der Waals surface area contributed by atoms with Gasteiger partial charge in [0, 0.05) is 6.54 Å². The first-order valence-corrected chi connectivity index (χ1v) is 7.69. The molecular weight excluding hydrogens is 224 g/mol. The Morgan fingerprint density at radius 2 is 1.89 bits per heavy atom. The number of carbonyl (C=O) groups excluding carboxylic acids is 1. The minimum absolute atomic E-state index is 0.0811. The predicted octanol–water partition coefficient (Wildman–Crippen LogP) is 2.98. The summed E-state index contributed by atoms with van der Waals surface area (Å²) in [6.45, 7) is 5.24. The summed E-state index contributed by atoms with van der Waals surface area (Å²) in [5.74, 6) is 0.710. The number of nitrogens with one attached hydrogen (secondary N) is 1. The Balaban J connectivity index is 2.33. The molecule has 1 rings (SSSR count). The number of unbranched alkanes of at least 4 members (excludes halogenated alkanes) is 1. The summed E-state index contributed by atoms with van der Waals surface area (Å²) in [4.78, 5) is 12.1. The summed E-state index contributed by atoms with van der Waals surface area (Å²) >= 11 is 0. The second kappa shape index (κ2) is 7.78. The molecule has 1 unspecified atom stereocenters. The average Bonchev–Trinajstić information content (AvgIpc) is 2.80. The number of amides is 1. The molecule has 1 aliphatic carbocycles. The fourth-order valence-corrected chi connectivity index (χ4v) is 2.90. The van der Waals surface area contributed by atoms with Crippen molar-refractivity contribution in [3.63, 3.8) is 0 Å². The van der Waals surface area contributed by atoms with Gasteiger partial charge in [-0.1, -0.05) is 46.0 Å². The van der Waals surface area contributed by atoms with Crippen LogP contribution in [0, 0.1) is 5.92 Å². The lowest BCUT2D eigenvalue weighted by Gasteiger charge is -2.24. The number of hydrogen-bond acceptors (Lipinski definition) is 2. The second-order valence-electron chi connectivity index (χ2n) is 5.87. The summed E-state index contributed by atoms with van der Waals surface area (Å²) in [7, 11) is 0. The molecule has 3 heteroatoms. The van der Waals surface area contributed by atoms with Crippen molar-refractivity contribution in [3.05, 3.63) is 0 Å². The molecule has 0 aromatic rings. The van der Waals surface area contributed by atoms with Crippen LogP contribution < -0.4 is 11.1 Å². The number of carbonyl (C=O) groups is 1. The Hall–Kier alpha value is -0.570. The van der Waals surface area contributed by atoms with Crippen LogP contribution in [0.15, 0.2) is 0 Å². The molecule has 106 valence electrons. The lowest BCUT2D eigenvalue weighted by Crippen LogP contribution is -2.52. The molecule has 3 nitrogen and oxygen atoms in total. The second-order valence-corrected chi connectivity index (χ2v) is 5.87. The molecule has 0 bridgehead atoms. The normalized spacial score (nSPS) is 19.7. The Kier molecular flexibility index (Phi) is 6.69. The van der Waals surface area contributed by atoms with E-state index in [4.69, 9.17) is 5.73 Å². The van der Waals surface area contributed by atoms with Crippen LogP contribution in [0.4, 0.5) is 0 Å². The Labute approximate surface area is 112 Å². The van der Waals surface area contributed by atoms with Gasteiger partial charge in [0.1, 0.15) is 0 Å². The molecule has 3 N–H and O–H groups in total. The number of hydrogen-bond donors (Lipinski definition) is 2. The maximum atomic E-state index is 12.1. The van der Waals surface area contributed by atoms with E-state index < -0.39 is 5.54 Å². The molecule has 1 aliphatic rings. The van der Waals surface area contributed by atoms with Crippen LogP contribution in [0.2, 0.25) is 0 Å². The summed E-state index contributed by atoms with van der Waals surface area (Å²) in [6, 6.07) is 0. The largest absolute Gasteiger partial charge is 0.354 e. The molecule has 18 heavy (non-hydrogen) atoms. The zero-order valence-electron chi connectivity index (χ0n) is 12.1. The van der Waals surface area contributed by atoms with Crippen LogP contribution in [0.5, 0.6) is 0 Å². The van der Waals surface area contributed by atoms with Crippen molar-refractivity contribution in [3.8, 4) is 0 Å². The van der Waals surface area contributed by atoms with E-state index in [1.807, 2.05) is 0 Å². The van der Waals surface area contributed by atoms with E-state index in [2.05, 4.69) is 19.2 Å². The highest BCUT2D eigenvalue weighted by atomic mass is 16.2. The van der Waals surface area contributed by atoms with E-state index in [0.717, 1.165) is 32.2 Å². The third kappa shape index (κ3) is 4.60. The summed E-state index contributed by atoms with van der Waals surface area (Å²) in [5.41, 5.74) is 5.58. The van der Waals surface area contributed by atoms with Gasteiger partial charge in [-0.2, -0.15) is 0 Å². The molecule has 1 amide bonds. The number of nitrogens with two attached hydrogens (primary N) is 1. The fraction of sp³-hybridized carbons (Fsp3) is 0.933. The predicted molar refractivity (Wildman–Crippen MR) is 76.3 cm³/mol. The standard InChI is InChI=1S/C15H30N2O/c1-3-5-9-13(8-4-2)12-17-14(18)15(16)10-6-7-11-15/h13H,3-12,16H2,1-2H3,(H,17,18). The van der Waals surface area contributed by atoms with Crippen LogP contribution in [-0.2, 0) is 4.79 Å². The molecular formula is C15H30N2O. The summed E-state index contributed by atoms with van der Waals surface area (Å²) < 4.78 is 0. The molecule has 0 aromatic heterocycles. The van der Waals surface area contributed by atoms with Crippen LogP contribution in [0.1, 0.15) is 71.6 Å². The highest BCUT2D eigenvalue weighted by Crippen LogP contribution is 2.27. The SMILES string of the molecule is CCCCC(CCC)CNC(=O)C1(N)CCCC1. The van der Waals surface area contributed by atoms with Crippen molar-refractivity contribution in [1.82, 2.24) is 5.32 Å². The van der Waals surface area contributed by atoms with Gasteiger partial charge in [-0.15, -0.1) is 0 Å². The van der Waals surface area contributed by atoms with Gasteiger partial charge < -0.3 is 11.1 Å². The van der Waals surface area contributed by atoms with Crippen molar-refractivity contribution in [1.29, 1.82) is 0 Å². The lowest BCUT2D eigenvalue weighted by molar-refractivity contribution is -0.126. The molecule has 0 aliphatic heterocycles. The monoisotopic (exact) mass is 254 g/mol. The van der Waals surface area contributed by atoms with Crippen molar-refractivity contribution in [2.24, 2.45) is 11.7 Å². The van der Waals surface area contributed by atoms with E-state index in [1.165, 1.54) is 32.1 Å². The lowest BCUT2D eigenvalue weighted by atomic mass is 9.95. The zero-order chi connectivity index (χ0) is 13.4. The van der Waals surface area contributed by atoms with Gasteiger partial charge in [0.05, 0.1) is 5.54 Å². The third-order valence-electron chi connectivity index (χ3n) is 4.16. The van der Waals surface area contributed by atoms with E-state index in [1.54, 1.807) is 0 Å². The summed E-state index contributed by atoms with van der Waals surface area (Å²) in [5, 5.41) is 3.09. The Morgan fingerprint density at radius 3 is 2.44 bits per heavy atom. The van der Waals surface area contributed by atoms with Crippen LogP contribution in [-0.4, -0.2) is 18.0 Å². The zero-order valence-corrected chi connectivity index (χ0v) is 12.1. The van der Waals surface area contributed by atoms with E-state index in [0.29, 0.717) is 5.92 Å². The van der Waals surface area contributed by atoms with Crippen LogP contribution in [0.25, 0.3) is 0 Å². The molecule has 0 saturated heterocycles. The first kappa shape index (κ1) is 15.5. The van der Waals surface area contributed by atoms with E-state index in [9.17, 15) is 4.79 Å². The van der Waals surface area contributed by atoms with E-state index in [-0.39, 0.29) is 5.91 Å². The van der Waals surface area contributed by atoms with Gasteiger partial charge in [-0.25, -0.2) is 0 Å². The van der Waals surface area contributed by atoms with Gasteiger partial charge in [-0.05, 0) is 31.6 Å². The van der Waals surface area contributed by atoms with Crippen molar-refractivity contribution >= 4 is 5.91 Å². The van der Waals surface area contributed by atoms with Crippen molar-refractivity contribution in [2.45, 2.75) is 77.2 Å². The fourth-order valence-electron chi connectivity index (χ4n) is 2.90. The van der Waals surface area contributed by atoms with Crippen molar-refractivity contribution < 1.29 is 4.79 Å². The smallest absolute Gasteiger partial charge is 0.240 e. The van der Waals surface area contributed by atoms with Gasteiger partial charge in [-0.3, -0.25) is 4.79 Å². The quantitative estimate of drug-likeness (QED) is 0.699. The maximum absolute atomic E-state index is 12.1. The highest BCUT2D eigenvalue weighted by molar-refractivity contribution is 5.86. The molecule has 0 radical (unpaired) electrons. The van der Waals surface area contributed by atoms with Crippen molar-refractivity contribution in [2.75, 3.05) is 6.54 Å². The van der Waals surface area contributed by atoms with Gasteiger partial charge >= 0.3 is 0 Å². The molecule has 1 saturated carbocycles. The van der Waals surface area contributed by atoms with Gasteiger partial charge in [0.25, 0.3) is 0 Å². The molecule has 0 spiro atoms. The molecule has 0 aromatic carbocycles.